The first-order valence-corrected chi connectivity index (χ1v) is 10.5. The van der Waals surface area contributed by atoms with Crippen LogP contribution in [0.25, 0.3) is 0 Å². The monoisotopic (exact) mass is 402 g/mol. The molecule has 2 atom stereocenters. The van der Waals surface area contributed by atoms with Gasteiger partial charge < -0.3 is 9.64 Å². The minimum absolute atomic E-state index is 0.0140. The number of benzene rings is 1. The van der Waals surface area contributed by atoms with E-state index in [9.17, 15) is 19.2 Å². The number of carbonyl (C=O) groups excluding carboxylic acids is 4. The summed E-state index contributed by atoms with van der Waals surface area (Å²) >= 11 is 1.63. The van der Waals surface area contributed by atoms with E-state index in [0.717, 1.165) is 6.42 Å². The van der Waals surface area contributed by atoms with Crippen molar-refractivity contribution in [3.8, 4) is 0 Å². The molecular formula is C20H22N2O5S. The number of thioether (sulfide) groups is 1. The molecular weight excluding hydrogens is 380 g/mol. The van der Waals surface area contributed by atoms with Crippen LogP contribution < -0.4 is 0 Å². The molecule has 0 unspecified atom stereocenters. The zero-order valence-electron chi connectivity index (χ0n) is 15.7. The highest BCUT2D eigenvalue weighted by Gasteiger charge is 2.53. The first-order chi connectivity index (χ1) is 13.4. The summed E-state index contributed by atoms with van der Waals surface area (Å²) in [5, 5.41) is 0. The van der Waals surface area contributed by atoms with Gasteiger partial charge in [0.2, 0.25) is 5.91 Å². The van der Waals surface area contributed by atoms with Gasteiger partial charge in [0.05, 0.1) is 22.6 Å². The molecule has 3 aliphatic rings. The van der Waals surface area contributed by atoms with Crippen molar-refractivity contribution in [1.82, 2.24) is 9.80 Å². The molecule has 0 saturated carbocycles. The second-order valence-electron chi connectivity index (χ2n) is 7.45. The van der Waals surface area contributed by atoms with Gasteiger partial charge in [0.15, 0.2) is 0 Å². The Morgan fingerprint density at radius 2 is 1.86 bits per heavy atom. The number of carbonyl (C=O) groups is 4. The van der Waals surface area contributed by atoms with Crippen molar-refractivity contribution < 1.29 is 23.9 Å². The molecule has 7 nitrogen and oxygen atoms in total. The SMILES string of the molecule is C[C@]12CCC(=O)N1[C@H](C(=O)OCCCCN1C(=O)c3ccccc3C1=O)CS2. The molecule has 3 amide bonds. The maximum atomic E-state index is 12.4. The van der Waals surface area contributed by atoms with E-state index in [0.29, 0.717) is 42.7 Å². The van der Waals surface area contributed by atoms with Crippen LogP contribution in [-0.4, -0.2) is 63.3 Å². The molecule has 3 heterocycles. The van der Waals surface area contributed by atoms with E-state index in [2.05, 4.69) is 0 Å². The van der Waals surface area contributed by atoms with Crippen molar-refractivity contribution in [2.45, 2.75) is 43.5 Å². The number of unbranched alkanes of at least 4 members (excludes halogenated alkanes) is 1. The zero-order valence-corrected chi connectivity index (χ0v) is 16.5. The molecule has 4 rings (SSSR count). The summed E-state index contributed by atoms with van der Waals surface area (Å²) < 4.78 is 5.37. The van der Waals surface area contributed by atoms with Gasteiger partial charge in [-0.1, -0.05) is 12.1 Å². The Hall–Kier alpha value is -2.35. The normalized spacial score (nSPS) is 26.0. The molecule has 28 heavy (non-hydrogen) atoms. The number of esters is 1. The third-order valence-electron chi connectivity index (χ3n) is 5.62. The molecule has 2 saturated heterocycles. The number of imide groups is 1. The minimum Gasteiger partial charge on any atom is -0.464 e. The number of ether oxygens (including phenoxy) is 1. The Kier molecular flexibility index (Phi) is 4.91. The van der Waals surface area contributed by atoms with Crippen molar-refractivity contribution in [3.63, 3.8) is 0 Å². The van der Waals surface area contributed by atoms with Gasteiger partial charge in [-0.25, -0.2) is 4.79 Å². The summed E-state index contributed by atoms with van der Waals surface area (Å²) in [5.74, 6) is -0.331. The minimum atomic E-state index is -0.513. The first-order valence-electron chi connectivity index (χ1n) is 9.50. The van der Waals surface area contributed by atoms with E-state index < -0.39 is 6.04 Å². The third kappa shape index (κ3) is 3.09. The van der Waals surface area contributed by atoms with Gasteiger partial charge in [0.1, 0.15) is 6.04 Å². The molecule has 148 valence electrons. The van der Waals surface area contributed by atoms with Crippen LogP contribution in [0.1, 0.15) is 53.3 Å². The first kappa shape index (κ1) is 19.0. The van der Waals surface area contributed by atoms with Crippen LogP contribution >= 0.6 is 11.8 Å². The summed E-state index contributed by atoms with van der Waals surface area (Å²) in [6, 6.07) is 6.28. The highest BCUT2D eigenvalue weighted by atomic mass is 32.2. The maximum absolute atomic E-state index is 12.4. The predicted octanol–water partition coefficient (Wildman–Crippen LogP) is 2.06. The predicted molar refractivity (Wildman–Crippen MR) is 103 cm³/mol. The largest absolute Gasteiger partial charge is 0.464 e. The summed E-state index contributed by atoms with van der Waals surface area (Å²) in [5.41, 5.74) is 0.881. The fourth-order valence-corrected chi connectivity index (χ4v) is 5.49. The fraction of sp³-hybridized carbons (Fsp3) is 0.500. The molecule has 8 heteroatoms. The van der Waals surface area contributed by atoms with Gasteiger partial charge in [-0.3, -0.25) is 19.3 Å². The van der Waals surface area contributed by atoms with Gasteiger partial charge in [0.25, 0.3) is 11.8 Å². The van der Waals surface area contributed by atoms with E-state index in [1.165, 1.54) is 4.90 Å². The van der Waals surface area contributed by atoms with E-state index in [-0.39, 0.29) is 35.2 Å². The van der Waals surface area contributed by atoms with Gasteiger partial charge in [-0.05, 0) is 38.3 Å². The molecule has 0 bridgehead atoms. The molecule has 0 radical (unpaired) electrons. The summed E-state index contributed by atoms with van der Waals surface area (Å²) in [4.78, 5) is 51.7. The molecule has 1 aromatic rings. The summed E-state index contributed by atoms with van der Waals surface area (Å²) in [6.45, 7) is 2.51. The topological polar surface area (TPSA) is 84.0 Å². The smallest absolute Gasteiger partial charge is 0.329 e. The van der Waals surface area contributed by atoms with Crippen LogP contribution in [0.15, 0.2) is 24.3 Å². The van der Waals surface area contributed by atoms with Crippen molar-refractivity contribution >= 4 is 35.5 Å². The third-order valence-corrected chi connectivity index (χ3v) is 7.12. The lowest BCUT2D eigenvalue weighted by Gasteiger charge is -2.29. The average molecular weight is 402 g/mol. The van der Waals surface area contributed by atoms with E-state index in [4.69, 9.17) is 4.74 Å². The molecule has 0 aromatic heterocycles. The average Bonchev–Trinajstić information content (AvgIpc) is 3.27. The molecule has 0 aliphatic carbocycles. The Labute approximate surface area is 167 Å². The lowest BCUT2D eigenvalue weighted by atomic mass is 10.1. The Morgan fingerprint density at radius 1 is 1.18 bits per heavy atom. The van der Waals surface area contributed by atoms with Gasteiger partial charge in [-0.2, -0.15) is 0 Å². The van der Waals surface area contributed by atoms with E-state index in [1.807, 2.05) is 6.92 Å². The number of amides is 3. The van der Waals surface area contributed by atoms with Crippen molar-refractivity contribution in [3.05, 3.63) is 35.4 Å². The lowest BCUT2D eigenvalue weighted by Crippen LogP contribution is -2.46. The molecule has 0 spiro atoms. The Morgan fingerprint density at radius 3 is 2.54 bits per heavy atom. The quantitative estimate of drug-likeness (QED) is 0.411. The highest BCUT2D eigenvalue weighted by Crippen LogP contribution is 2.47. The van der Waals surface area contributed by atoms with Crippen LogP contribution in [0.4, 0.5) is 0 Å². The zero-order chi connectivity index (χ0) is 19.9. The van der Waals surface area contributed by atoms with Gasteiger partial charge >= 0.3 is 5.97 Å². The highest BCUT2D eigenvalue weighted by molar-refractivity contribution is 8.01. The van der Waals surface area contributed by atoms with Crippen LogP contribution in [-0.2, 0) is 14.3 Å². The number of hydrogen-bond acceptors (Lipinski definition) is 6. The molecule has 0 N–H and O–H groups in total. The van der Waals surface area contributed by atoms with Gasteiger partial charge in [0, 0.05) is 18.7 Å². The van der Waals surface area contributed by atoms with Crippen LogP contribution in [0, 0.1) is 0 Å². The molecule has 2 fully saturated rings. The van der Waals surface area contributed by atoms with Crippen LogP contribution in [0.2, 0.25) is 0 Å². The van der Waals surface area contributed by atoms with E-state index in [1.54, 1.807) is 40.9 Å². The number of nitrogens with zero attached hydrogens (tertiary/aromatic N) is 2. The molecule has 1 aromatic carbocycles. The maximum Gasteiger partial charge on any atom is 0.329 e. The fourth-order valence-electron chi connectivity index (χ4n) is 4.08. The van der Waals surface area contributed by atoms with Crippen molar-refractivity contribution in [1.29, 1.82) is 0 Å². The second-order valence-corrected chi connectivity index (χ2v) is 8.95. The van der Waals surface area contributed by atoms with Gasteiger partial charge in [-0.15, -0.1) is 11.8 Å². The Bertz CT molecular complexity index is 822. The number of rotatable bonds is 6. The second kappa shape index (κ2) is 7.24. The standard InChI is InChI=1S/C20H22N2O5S/c1-20-9-8-16(23)22(20)15(12-28-20)19(26)27-11-5-4-10-21-17(24)13-6-2-3-7-14(13)18(21)25/h2-3,6-7,15H,4-5,8-12H2,1H3/t15-,20-/m0/s1. The van der Waals surface area contributed by atoms with Crippen LogP contribution in [0.5, 0.6) is 0 Å². The molecule has 3 aliphatic heterocycles. The summed E-state index contributed by atoms with van der Waals surface area (Å²) in [7, 11) is 0. The number of fused-ring (bicyclic) bond motifs is 2. The van der Waals surface area contributed by atoms with Crippen molar-refractivity contribution in [2.24, 2.45) is 0 Å². The van der Waals surface area contributed by atoms with E-state index >= 15 is 0 Å². The number of hydrogen-bond donors (Lipinski definition) is 0. The van der Waals surface area contributed by atoms with Crippen molar-refractivity contribution in [2.75, 3.05) is 18.9 Å². The lowest BCUT2D eigenvalue weighted by molar-refractivity contribution is -0.153. The Balaban J connectivity index is 1.23. The summed E-state index contributed by atoms with van der Waals surface area (Å²) in [6.07, 6.45) is 2.34. The van der Waals surface area contributed by atoms with Crippen LogP contribution in [0.3, 0.4) is 0 Å².